The number of nitrogens with one attached hydrogen (secondary N) is 1. The molecule has 2 aliphatic heterocycles. The maximum absolute atomic E-state index is 3.48. The Morgan fingerprint density at radius 3 is 1.90 bits per heavy atom. The van der Waals surface area contributed by atoms with E-state index in [9.17, 15) is 0 Å². The fraction of sp³-hybridized carbons (Fsp3) is 0.0870. The van der Waals surface area contributed by atoms with E-state index in [1.165, 1.54) is 39.2 Å². The van der Waals surface area contributed by atoms with E-state index in [-0.39, 0.29) is 5.41 Å². The Morgan fingerprint density at radius 2 is 1.22 bits per heavy atom. The Bertz CT molecular complexity index is 2140. The SMILES string of the molecule is CC1(C)c2ccccc2N(c2ccc(C3=CC=CCN3)cc2)c2ccc(-c3ccc(/C=C/N(c4ccccc4)c4ccccc4)cc3)cc21. The van der Waals surface area contributed by atoms with Crippen LogP contribution in [0.2, 0.25) is 0 Å². The van der Waals surface area contributed by atoms with Gasteiger partial charge in [0.15, 0.2) is 0 Å². The van der Waals surface area contributed by atoms with Gasteiger partial charge < -0.3 is 15.1 Å². The lowest BCUT2D eigenvalue weighted by Crippen LogP contribution is -2.30. The summed E-state index contributed by atoms with van der Waals surface area (Å²) < 4.78 is 0. The molecule has 49 heavy (non-hydrogen) atoms. The van der Waals surface area contributed by atoms with Crippen LogP contribution in [-0.2, 0) is 5.41 Å². The number of allylic oxidation sites excluding steroid dienone is 2. The third kappa shape index (κ3) is 5.85. The number of anilines is 5. The lowest BCUT2D eigenvalue weighted by molar-refractivity contribution is 0.632. The monoisotopic (exact) mass is 633 g/mol. The molecule has 6 aromatic rings. The van der Waals surface area contributed by atoms with E-state index in [0.29, 0.717) is 0 Å². The van der Waals surface area contributed by atoms with Gasteiger partial charge in [0.1, 0.15) is 0 Å². The molecule has 0 aromatic heterocycles. The van der Waals surface area contributed by atoms with E-state index in [2.05, 4.69) is 211 Å². The Balaban J connectivity index is 1.11. The van der Waals surface area contributed by atoms with Gasteiger partial charge in [0.2, 0.25) is 0 Å². The summed E-state index contributed by atoms with van der Waals surface area (Å²) in [6.45, 7) is 5.56. The summed E-state index contributed by atoms with van der Waals surface area (Å²) in [5, 5.41) is 3.48. The molecule has 0 spiro atoms. The van der Waals surface area contributed by atoms with Crippen LogP contribution in [0.5, 0.6) is 0 Å². The zero-order chi connectivity index (χ0) is 33.2. The minimum Gasteiger partial charge on any atom is -0.381 e. The maximum Gasteiger partial charge on any atom is 0.0503 e. The molecule has 6 aromatic carbocycles. The standard InChI is InChI=1S/C46H39N3/c1-46(2)41-17-9-10-19-44(41)49(40-27-24-36(25-28-40)43-18-11-12-31-47-43)45-29-26-37(33-42(45)46)35-22-20-34(21-23-35)30-32-48(38-13-5-3-6-14-38)39-15-7-4-8-16-39/h3-30,32-33,47H,31H2,1-2H3/b32-30+. The van der Waals surface area contributed by atoms with Crippen molar-refractivity contribution in [2.24, 2.45) is 0 Å². The van der Waals surface area contributed by atoms with Crippen LogP contribution < -0.4 is 15.1 Å². The predicted molar refractivity (Wildman–Crippen MR) is 208 cm³/mol. The number of rotatable bonds is 7. The fourth-order valence-electron chi connectivity index (χ4n) is 7.06. The summed E-state index contributed by atoms with van der Waals surface area (Å²) in [5.41, 5.74) is 14.3. The van der Waals surface area contributed by atoms with Gasteiger partial charge in [-0.15, -0.1) is 0 Å². The first-order chi connectivity index (χ1) is 24.1. The highest BCUT2D eigenvalue weighted by atomic mass is 15.2. The van der Waals surface area contributed by atoms with E-state index in [1.807, 2.05) is 0 Å². The molecule has 238 valence electrons. The van der Waals surface area contributed by atoms with Crippen molar-refractivity contribution >= 4 is 40.2 Å². The van der Waals surface area contributed by atoms with E-state index in [4.69, 9.17) is 0 Å². The minimum absolute atomic E-state index is 0.164. The van der Waals surface area contributed by atoms with Crippen LogP contribution >= 0.6 is 0 Å². The van der Waals surface area contributed by atoms with Crippen LogP contribution in [0.4, 0.5) is 28.4 Å². The van der Waals surface area contributed by atoms with Gasteiger partial charge in [-0.2, -0.15) is 0 Å². The Labute approximate surface area is 289 Å². The molecule has 0 saturated heterocycles. The third-order valence-corrected chi connectivity index (χ3v) is 9.70. The summed E-state index contributed by atoms with van der Waals surface area (Å²) >= 11 is 0. The third-order valence-electron chi connectivity index (χ3n) is 9.70. The van der Waals surface area contributed by atoms with Gasteiger partial charge in [-0.25, -0.2) is 0 Å². The molecular formula is C46H39N3. The highest BCUT2D eigenvalue weighted by Crippen LogP contribution is 2.52. The van der Waals surface area contributed by atoms with Crippen LogP contribution in [0, 0.1) is 0 Å². The fourth-order valence-corrected chi connectivity index (χ4v) is 7.06. The number of hydrogen-bond acceptors (Lipinski definition) is 3. The average Bonchev–Trinajstić information content (AvgIpc) is 3.17. The van der Waals surface area contributed by atoms with Gasteiger partial charge in [0, 0.05) is 40.9 Å². The lowest BCUT2D eigenvalue weighted by Gasteiger charge is -2.42. The van der Waals surface area contributed by atoms with Crippen LogP contribution in [0.25, 0.3) is 22.9 Å². The Morgan fingerprint density at radius 1 is 0.612 bits per heavy atom. The maximum atomic E-state index is 3.48. The number of hydrogen-bond donors (Lipinski definition) is 1. The van der Waals surface area contributed by atoms with Crippen molar-refractivity contribution in [3.8, 4) is 11.1 Å². The molecule has 0 fully saturated rings. The molecular weight excluding hydrogens is 595 g/mol. The summed E-state index contributed by atoms with van der Waals surface area (Å²) in [6.07, 6.45) is 10.7. The second-order valence-electron chi connectivity index (χ2n) is 13.1. The molecule has 0 atom stereocenters. The van der Waals surface area contributed by atoms with Gasteiger partial charge >= 0.3 is 0 Å². The molecule has 3 heteroatoms. The van der Waals surface area contributed by atoms with Crippen LogP contribution in [0.1, 0.15) is 36.1 Å². The number of benzene rings is 6. The largest absolute Gasteiger partial charge is 0.381 e. The van der Waals surface area contributed by atoms with Crippen LogP contribution in [0.15, 0.2) is 176 Å². The van der Waals surface area contributed by atoms with Gasteiger partial charge in [0.25, 0.3) is 0 Å². The van der Waals surface area contributed by atoms with Crippen molar-refractivity contribution in [3.05, 3.63) is 198 Å². The number of para-hydroxylation sites is 3. The molecule has 2 aliphatic rings. The smallest absolute Gasteiger partial charge is 0.0503 e. The lowest BCUT2D eigenvalue weighted by atomic mass is 9.73. The second kappa shape index (κ2) is 12.9. The normalized spacial score (nSPS) is 14.5. The first-order valence-electron chi connectivity index (χ1n) is 17.0. The topological polar surface area (TPSA) is 18.5 Å². The predicted octanol–water partition coefficient (Wildman–Crippen LogP) is 11.8. The molecule has 0 saturated carbocycles. The first kappa shape index (κ1) is 30.3. The van der Waals surface area contributed by atoms with E-state index in [1.54, 1.807) is 0 Å². The summed E-state index contributed by atoms with van der Waals surface area (Å²) in [7, 11) is 0. The van der Waals surface area contributed by atoms with Gasteiger partial charge in [0.05, 0.1) is 11.4 Å². The van der Waals surface area contributed by atoms with Gasteiger partial charge in [-0.05, 0) is 100 Å². The molecule has 0 radical (unpaired) electrons. The van der Waals surface area contributed by atoms with Gasteiger partial charge in [-0.1, -0.05) is 123 Å². The molecule has 3 nitrogen and oxygen atoms in total. The Hall–Kier alpha value is -6.06. The molecule has 0 unspecified atom stereocenters. The number of fused-ring (bicyclic) bond motifs is 2. The molecule has 2 heterocycles. The highest BCUT2D eigenvalue weighted by Gasteiger charge is 2.37. The van der Waals surface area contributed by atoms with Crippen molar-refractivity contribution < 1.29 is 0 Å². The molecule has 8 rings (SSSR count). The summed E-state index contributed by atoms with van der Waals surface area (Å²) in [5.74, 6) is 0. The van der Waals surface area contributed by atoms with Crippen molar-refractivity contribution in [3.63, 3.8) is 0 Å². The van der Waals surface area contributed by atoms with Crippen LogP contribution in [-0.4, -0.2) is 6.54 Å². The van der Waals surface area contributed by atoms with E-state index in [0.717, 1.165) is 34.9 Å². The zero-order valence-electron chi connectivity index (χ0n) is 27.9. The molecule has 0 aliphatic carbocycles. The van der Waals surface area contributed by atoms with Crippen molar-refractivity contribution in [1.82, 2.24) is 5.32 Å². The number of dihydropyridines is 1. The summed E-state index contributed by atoms with van der Waals surface area (Å²) in [4.78, 5) is 4.64. The van der Waals surface area contributed by atoms with E-state index >= 15 is 0 Å². The molecule has 0 bridgehead atoms. The molecule has 0 amide bonds. The first-order valence-corrected chi connectivity index (χ1v) is 17.0. The van der Waals surface area contributed by atoms with Gasteiger partial charge in [-0.3, -0.25) is 0 Å². The van der Waals surface area contributed by atoms with Crippen molar-refractivity contribution in [1.29, 1.82) is 0 Å². The zero-order valence-corrected chi connectivity index (χ0v) is 27.9. The number of nitrogens with zero attached hydrogens (tertiary/aromatic N) is 2. The van der Waals surface area contributed by atoms with Crippen molar-refractivity contribution in [2.75, 3.05) is 16.3 Å². The van der Waals surface area contributed by atoms with Crippen LogP contribution in [0.3, 0.4) is 0 Å². The summed E-state index contributed by atoms with van der Waals surface area (Å²) in [6, 6.07) is 54.6. The molecule has 1 N–H and O–H groups in total. The average molecular weight is 634 g/mol. The quantitative estimate of drug-likeness (QED) is 0.189. The van der Waals surface area contributed by atoms with E-state index < -0.39 is 0 Å². The highest BCUT2D eigenvalue weighted by molar-refractivity contribution is 5.88. The minimum atomic E-state index is -0.164. The Kier molecular flexibility index (Phi) is 7.95. The van der Waals surface area contributed by atoms with Crippen molar-refractivity contribution in [2.45, 2.75) is 19.3 Å². The second-order valence-corrected chi connectivity index (χ2v) is 13.1.